The zero-order valence-electron chi connectivity index (χ0n) is 8.46. The van der Waals surface area contributed by atoms with Gasteiger partial charge in [-0.25, -0.2) is 4.39 Å². The van der Waals surface area contributed by atoms with E-state index < -0.39 is 0 Å². The van der Waals surface area contributed by atoms with Crippen molar-refractivity contribution in [3.8, 4) is 5.75 Å². The highest BCUT2D eigenvalue weighted by Crippen LogP contribution is 2.33. The SMILES string of the molecule is CN(C)c1cc(F)ccc1OC1CC1. The average Bonchev–Trinajstić information content (AvgIpc) is 2.91. The van der Waals surface area contributed by atoms with Crippen molar-refractivity contribution >= 4 is 5.69 Å². The number of nitrogens with zero attached hydrogens (tertiary/aromatic N) is 1. The van der Waals surface area contributed by atoms with Crippen LogP contribution in [0.4, 0.5) is 10.1 Å². The van der Waals surface area contributed by atoms with Gasteiger partial charge >= 0.3 is 0 Å². The highest BCUT2D eigenvalue weighted by Gasteiger charge is 2.24. The maximum atomic E-state index is 13.0. The summed E-state index contributed by atoms with van der Waals surface area (Å²) in [5.74, 6) is 0.552. The number of hydrogen-bond donors (Lipinski definition) is 0. The second-order valence-electron chi connectivity index (χ2n) is 3.82. The summed E-state index contributed by atoms with van der Waals surface area (Å²) in [6.45, 7) is 0. The standard InChI is InChI=1S/C11H14FNO/c1-13(2)10-7-8(12)3-6-11(10)14-9-4-5-9/h3,6-7,9H,4-5H2,1-2H3. The minimum Gasteiger partial charge on any atom is -0.488 e. The molecule has 0 radical (unpaired) electrons. The molecule has 1 aliphatic rings. The number of hydrogen-bond acceptors (Lipinski definition) is 2. The average molecular weight is 195 g/mol. The second kappa shape index (κ2) is 3.48. The first kappa shape index (κ1) is 9.31. The fourth-order valence-corrected chi connectivity index (χ4v) is 1.31. The highest BCUT2D eigenvalue weighted by atomic mass is 19.1. The zero-order valence-corrected chi connectivity index (χ0v) is 8.46. The molecule has 2 nitrogen and oxygen atoms in total. The van der Waals surface area contributed by atoms with E-state index >= 15 is 0 Å². The quantitative estimate of drug-likeness (QED) is 0.734. The fraction of sp³-hybridized carbons (Fsp3) is 0.455. The second-order valence-corrected chi connectivity index (χ2v) is 3.82. The third kappa shape index (κ3) is 1.97. The normalized spacial score (nSPS) is 15.4. The number of halogens is 1. The summed E-state index contributed by atoms with van der Waals surface area (Å²) in [5.41, 5.74) is 0.803. The molecule has 3 heteroatoms. The Kier molecular flexibility index (Phi) is 2.32. The third-order valence-electron chi connectivity index (χ3n) is 2.22. The molecule has 1 fully saturated rings. The van der Waals surface area contributed by atoms with E-state index in [1.807, 2.05) is 19.0 Å². The molecule has 0 aliphatic heterocycles. The molecule has 76 valence electrons. The smallest absolute Gasteiger partial charge is 0.143 e. The third-order valence-corrected chi connectivity index (χ3v) is 2.22. The predicted molar refractivity (Wildman–Crippen MR) is 54.4 cm³/mol. The van der Waals surface area contributed by atoms with E-state index in [-0.39, 0.29) is 5.82 Å². The van der Waals surface area contributed by atoms with Gasteiger partial charge in [-0.1, -0.05) is 0 Å². The van der Waals surface area contributed by atoms with Crippen LogP contribution < -0.4 is 9.64 Å². The Balaban J connectivity index is 2.26. The Bertz CT molecular complexity index is 334. The number of ether oxygens (including phenoxy) is 1. The molecule has 0 unspecified atom stereocenters. The first-order valence-electron chi connectivity index (χ1n) is 4.80. The van der Waals surface area contributed by atoms with Crippen LogP contribution in [0.3, 0.4) is 0 Å². The van der Waals surface area contributed by atoms with Gasteiger partial charge in [0.25, 0.3) is 0 Å². The number of benzene rings is 1. The van der Waals surface area contributed by atoms with Crippen LogP contribution in [0.5, 0.6) is 5.75 Å². The topological polar surface area (TPSA) is 12.5 Å². The van der Waals surface area contributed by atoms with Crippen LogP contribution in [0.25, 0.3) is 0 Å². The van der Waals surface area contributed by atoms with Crippen LogP contribution in [-0.4, -0.2) is 20.2 Å². The Morgan fingerprint density at radius 2 is 2.07 bits per heavy atom. The first-order chi connectivity index (χ1) is 6.66. The van der Waals surface area contributed by atoms with Crippen molar-refractivity contribution in [2.75, 3.05) is 19.0 Å². The van der Waals surface area contributed by atoms with Crippen LogP contribution >= 0.6 is 0 Å². The van der Waals surface area contributed by atoms with E-state index in [2.05, 4.69) is 0 Å². The monoisotopic (exact) mass is 195 g/mol. The molecule has 2 rings (SSSR count). The molecule has 1 aliphatic carbocycles. The lowest BCUT2D eigenvalue weighted by Crippen LogP contribution is -2.11. The molecule has 1 aromatic carbocycles. The molecular formula is C11H14FNO. The Labute approximate surface area is 83.3 Å². The predicted octanol–water partition coefficient (Wildman–Crippen LogP) is 2.43. The lowest BCUT2D eigenvalue weighted by Gasteiger charge is -2.17. The summed E-state index contributed by atoms with van der Waals surface area (Å²) in [4.78, 5) is 1.86. The van der Waals surface area contributed by atoms with Crippen molar-refractivity contribution in [2.24, 2.45) is 0 Å². The number of rotatable bonds is 3. The lowest BCUT2D eigenvalue weighted by atomic mass is 10.2. The maximum Gasteiger partial charge on any atom is 0.143 e. The van der Waals surface area contributed by atoms with E-state index in [0.717, 1.165) is 24.3 Å². The highest BCUT2D eigenvalue weighted by molar-refractivity contribution is 5.57. The van der Waals surface area contributed by atoms with Gasteiger partial charge in [-0.2, -0.15) is 0 Å². The minimum absolute atomic E-state index is 0.225. The van der Waals surface area contributed by atoms with Crippen molar-refractivity contribution in [2.45, 2.75) is 18.9 Å². The lowest BCUT2D eigenvalue weighted by molar-refractivity contribution is 0.303. The van der Waals surface area contributed by atoms with E-state index in [4.69, 9.17) is 4.74 Å². The summed E-state index contributed by atoms with van der Waals surface area (Å²) in [5, 5.41) is 0. The van der Waals surface area contributed by atoms with Gasteiger partial charge in [0, 0.05) is 20.2 Å². The van der Waals surface area contributed by atoms with E-state index in [1.165, 1.54) is 12.1 Å². The van der Waals surface area contributed by atoms with Crippen molar-refractivity contribution in [3.63, 3.8) is 0 Å². The van der Waals surface area contributed by atoms with Gasteiger partial charge in [-0.15, -0.1) is 0 Å². The molecule has 0 aromatic heterocycles. The molecule has 14 heavy (non-hydrogen) atoms. The maximum absolute atomic E-state index is 13.0. The van der Waals surface area contributed by atoms with Gasteiger partial charge < -0.3 is 9.64 Å². The van der Waals surface area contributed by atoms with Crippen molar-refractivity contribution in [3.05, 3.63) is 24.0 Å². The molecule has 0 saturated heterocycles. The van der Waals surface area contributed by atoms with Crippen LogP contribution in [0.2, 0.25) is 0 Å². The van der Waals surface area contributed by atoms with Gasteiger partial charge in [-0.3, -0.25) is 0 Å². The first-order valence-corrected chi connectivity index (χ1v) is 4.80. The van der Waals surface area contributed by atoms with Crippen molar-refractivity contribution < 1.29 is 9.13 Å². The summed E-state index contributed by atoms with van der Waals surface area (Å²) < 4.78 is 18.6. The summed E-state index contributed by atoms with van der Waals surface area (Å²) in [6.07, 6.45) is 2.58. The molecule has 0 amide bonds. The Morgan fingerprint density at radius 1 is 1.36 bits per heavy atom. The fourth-order valence-electron chi connectivity index (χ4n) is 1.31. The van der Waals surface area contributed by atoms with Crippen molar-refractivity contribution in [1.82, 2.24) is 0 Å². The Hall–Kier alpha value is -1.25. The van der Waals surface area contributed by atoms with Crippen molar-refractivity contribution in [1.29, 1.82) is 0 Å². The van der Waals surface area contributed by atoms with Gasteiger partial charge in [0.15, 0.2) is 0 Å². The molecule has 0 atom stereocenters. The van der Waals surface area contributed by atoms with E-state index in [1.54, 1.807) is 6.07 Å². The summed E-state index contributed by atoms with van der Waals surface area (Å²) in [7, 11) is 3.77. The van der Waals surface area contributed by atoms with Gasteiger partial charge in [-0.05, 0) is 25.0 Å². The van der Waals surface area contributed by atoms with E-state index in [0.29, 0.717) is 6.10 Å². The van der Waals surface area contributed by atoms with Crippen LogP contribution in [0.1, 0.15) is 12.8 Å². The largest absolute Gasteiger partial charge is 0.488 e. The van der Waals surface area contributed by atoms with Gasteiger partial charge in [0.05, 0.1) is 11.8 Å². The molecule has 0 spiro atoms. The molecule has 0 heterocycles. The van der Waals surface area contributed by atoms with Crippen LogP contribution in [-0.2, 0) is 0 Å². The molecule has 1 aromatic rings. The molecule has 1 saturated carbocycles. The van der Waals surface area contributed by atoms with Crippen LogP contribution in [0, 0.1) is 5.82 Å². The zero-order chi connectivity index (χ0) is 10.1. The van der Waals surface area contributed by atoms with E-state index in [9.17, 15) is 4.39 Å². The van der Waals surface area contributed by atoms with Gasteiger partial charge in [0.1, 0.15) is 11.6 Å². The summed E-state index contributed by atoms with van der Waals surface area (Å²) >= 11 is 0. The van der Waals surface area contributed by atoms with Crippen LogP contribution in [0.15, 0.2) is 18.2 Å². The molecule has 0 N–H and O–H groups in total. The molecule has 0 bridgehead atoms. The Morgan fingerprint density at radius 3 is 2.64 bits per heavy atom. The van der Waals surface area contributed by atoms with Gasteiger partial charge in [0.2, 0.25) is 0 Å². The summed E-state index contributed by atoms with van der Waals surface area (Å²) in [6, 6.07) is 4.63. The minimum atomic E-state index is -0.225. The molecular weight excluding hydrogens is 181 g/mol. The number of anilines is 1.